The van der Waals surface area contributed by atoms with Crippen molar-refractivity contribution in [3.63, 3.8) is 0 Å². The first kappa shape index (κ1) is 15.0. The highest BCUT2D eigenvalue weighted by Gasteiger charge is 2.07. The number of anilines is 1. The van der Waals surface area contributed by atoms with E-state index in [0.29, 0.717) is 11.5 Å². The number of amides is 1. The van der Waals surface area contributed by atoms with Crippen LogP contribution in [-0.4, -0.2) is 12.1 Å². The van der Waals surface area contributed by atoms with Gasteiger partial charge in [0.2, 0.25) is 0 Å². The molecule has 2 aromatic rings. The number of carbonyl (C=O) groups is 1. The molecule has 0 saturated carbocycles. The van der Waals surface area contributed by atoms with Crippen LogP contribution in [0.15, 0.2) is 48.5 Å². The maximum absolute atomic E-state index is 12.1. The van der Waals surface area contributed by atoms with Gasteiger partial charge in [0.05, 0.1) is 0 Å². The summed E-state index contributed by atoms with van der Waals surface area (Å²) in [5.74, 6) is 0.222. The minimum atomic E-state index is -0.102. The second-order valence-corrected chi connectivity index (χ2v) is 5.28. The Labute approximate surface area is 125 Å². The predicted molar refractivity (Wildman–Crippen MR) is 87.4 cm³/mol. The molecule has 108 valence electrons. The SMILES string of the molecule is Cc1ccc(C(=O)Nc2ccc(C(C)CC=N)cc2)cc1. The Morgan fingerprint density at radius 3 is 2.33 bits per heavy atom. The maximum atomic E-state index is 12.1. The first-order chi connectivity index (χ1) is 10.1. The summed E-state index contributed by atoms with van der Waals surface area (Å²) in [7, 11) is 0. The van der Waals surface area contributed by atoms with Gasteiger partial charge in [0.15, 0.2) is 0 Å². The van der Waals surface area contributed by atoms with Crippen molar-refractivity contribution in [2.75, 3.05) is 5.32 Å². The molecule has 21 heavy (non-hydrogen) atoms. The van der Waals surface area contributed by atoms with Crippen LogP contribution >= 0.6 is 0 Å². The quantitative estimate of drug-likeness (QED) is 0.784. The summed E-state index contributed by atoms with van der Waals surface area (Å²) in [6.45, 7) is 4.08. The van der Waals surface area contributed by atoms with Crippen molar-refractivity contribution in [3.8, 4) is 0 Å². The van der Waals surface area contributed by atoms with E-state index < -0.39 is 0 Å². The van der Waals surface area contributed by atoms with Gasteiger partial charge in [-0.3, -0.25) is 4.79 Å². The van der Waals surface area contributed by atoms with Crippen molar-refractivity contribution >= 4 is 17.8 Å². The molecule has 2 N–H and O–H groups in total. The van der Waals surface area contributed by atoms with Gasteiger partial charge in [0, 0.05) is 11.3 Å². The van der Waals surface area contributed by atoms with Crippen molar-refractivity contribution in [1.29, 1.82) is 5.41 Å². The maximum Gasteiger partial charge on any atom is 0.255 e. The zero-order valence-electron chi connectivity index (χ0n) is 12.4. The van der Waals surface area contributed by atoms with Crippen molar-refractivity contribution in [2.24, 2.45) is 0 Å². The van der Waals surface area contributed by atoms with Crippen LogP contribution in [0.1, 0.15) is 40.7 Å². The summed E-state index contributed by atoms with van der Waals surface area (Å²) in [6, 6.07) is 15.3. The standard InChI is InChI=1S/C18H20N2O/c1-13-3-5-16(6-4-13)18(21)20-17-9-7-15(8-10-17)14(2)11-12-19/h3-10,12,14,19H,11H2,1-2H3,(H,20,21). The molecule has 3 nitrogen and oxygen atoms in total. The van der Waals surface area contributed by atoms with E-state index >= 15 is 0 Å². The topological polar surface area (TPSA) is 53.0 Å². The Balaban J connectivity index is 2.04. The van der Waals surface area contributed by atoms with Crippen LogP contribution in [0.5, 0.6) is 0 Å². The molecule has 2 rings (SSSR count). The van der Waals surface area contributed by atoms with Gasteiger partial charge < -0.3 is 10.7 Å². The molecular weight excluding hydrogens is 260 g/mol. The van der Waals surface area contributed by atoms with E-state index in [0.717, 1.165) is 17.7 Å². The first-order valence-corrected chi connectivity index (χ1v) is 7.07. The van der Waals surface area contributed by atoms with E-state index in [1.165, 1.54) is 11.8 Å². The molecule has 1 atom stereocenters. The Bertz CT molecular complexity index is 615. The van der Waals surface area contributed by atoms with Crippen LogP contribution in [0.4, 0.5) is 5.69 Å². The molecule has 0 radical (unpaired) electrons. The lowest BCUT2D eigenvalue weighted by molar-refractivity contribution is 0.102. The van der Waals surface area contributed by atoms with E-state index in [2.05, 4.69) is 12.2 Å². The number of nitrogens with one attached hydrogen (secondary N) is 2. The normalized spacial score (nSPS) is 11.7. The predicted octanol–water partition coefficient (Wildman–Crippen LogP) is 4.39. The fraction of sp³-hybridized carbons (Fsp3) is 0.222. The van der Waals surface area contributed by atoms with Crippen molar-refractivity contribution in [3.05, 3.63) is 65.2 Å². The van der Waals surface area contributed by atoms with E-state index in [-0.39, 0.29) is 5.91 Å². The number of benzene rings is 2. The minimum Gasteiger partial charge on any atom is -0.322 e. The molecule has 2 aromatic carbocycles. The van der Waals surface area contributed by atoms with E-state index in [1.807, 2.05) is 55.5 Å². The van der Waals surface area contributed by atoms with Gasteiger partial charge in [-0.2, -0.15) is 0 Å². The largest absolute Gasteiger partial charge is 0.322 e. The Morgan fingerprint density at radius 1 is 1.14 bits per heavy atom. The van der Waals surface area contributed by atoms with Gasteiger partial charge >= 0.3 is 0 Å². The molecule has 3 heteroatoms. The second kappa shape index (κ2) is 6.84. The number of rotatable bonds is 5. The zero-order valence-corrected chi connectivity index (χ0v) is 12.4. The third-order valence-electron chi connectivity index (χ3n) is 3.52. The lowest BCUT2D eigenvalue weighted by atomic mass is 9.98. The van der Waals surface area contributed by atoms with Crippen LogP contribution in [-0.2, 0) is 0 Å². The highest BCUT2D eigenvalue weighted by molar-refractivity contribution is 6.04. The summed E-state index contributed by atoms with van der Waals surface area (Å²) in [5.41, 5.74) is 3.75. The summed E-state index contributed by atoms with van der Waals surface area (Å²) < 4.78 is 0. The fourth-order valence-corrected chi connectivity index (χ4v) is 2.12. The molecule has 0 saturated heterocycles. The van der Waals surface area contributed by atoms with Crippen LogP contribution in [0.25, 0.3) is 0 Å². The number of hydrogen-bond acceptors (Lipinski definition) is 2. The molecule has 0 aliphatic rings. The van der Waals surface area contributed by atoms with Crippen LogP contribution in [0, 0.1) is 12.3 Å². The Kier molecular flexibility index (Phi) is 4.88. The molecule has 0 aliphatic carbocycles. The molecule has 0 aliphatic heterocycles. The molecular formula is C18H20N2O. The van der Waals surface area contributed by atoms with Crippen LogP contribution in [0.3, 0.4) is 0 Å². The molecule has 1 amide bonds. The van der Waals surface area contributed by atoms with Gasteiger partial charge in [-0.25, -0.2) is 0 Å². The van der Waals surface area contributed by atoms with Gasteiger partial charge in [-0.05, 0) is 55.3 Å². The van der Waals surface area contributed by atoms with Gasteiger partial charge in [-0.15, -0.1) is 0 Å². The van der Waals surface area contributed by atoms with Gasteiger partial charge in [0.1, 0.15) is 0 Å². The highest BCUT2D eigenvalue weighted by Crippen LogP contribution is 2.20. The summed E-state index contributed by atoms with van der Waals surface area (Å²) in [4.78, 5) is 12.1. The molecule has 0 aromatic heterocycles. The minimum absolute atomic E-state index is 0.102. The molecule has 0 bridgehead atoms. The van der Waals surface area contributed by atoms with Crippen LogP contribution < -0.4 is 5.32 Å². The smallest absolute Gasteiger partial charge is 0.255 e. The fourth-order valence-electron chi connectivity index (χ4n) is 2.12. The van der Waals surface area contributed by atoms with E-state index in [4.69, 9.17) is 5.41 Å². The molecule has 0 fully saturated rings. The molecule has 1 unspecified atom stereocenters. The average Bonchev–Trinajstić information content (AvgIpc) is 2.49. The third-order valence-corrected chi connectivity index (χ3v) is 3.52. The molecule has 0 heterocycles. The van der Waals surface area contributed by atoms with E-state index in [9.17, 15) is 4.79 Å². The Morgan fingerprint density at radius 2 is 1.76 bits per heavy atom. The second-order valence-electron chi connectivity index (χ2n) is 5.28. The molecule has 0 spiro atoms. The zero-order chi connectivity index (χ0) is 15.2. The summed E-state index contributed by atoms with van der Waals surface area (Å²) >= 11 is 0. The summed E-state index contributed by atoms with van der Waals surface area (Å²) in [6.07, 6.45) is 2.16. The number of hydrogen-bond donors (Lipinski definition) is 2. The van der Waals surface area contributed by atoms with E-state index in [1.54, 1.807) is 0 Å². The highest BCUT2D eigenvalue weighted by atomic mass is 16.1. The van der Waals surface area contributed by atoms with Gasteiger partial charge in [0.25, 0.3) is 5.91 Å². The number of aryl methyl sites for hydroxylation is 1. The lowest BCUT2D eigenvalue weighted by Gasteiger charge is -2.10. The summed E-state index contributed by atoms with van der Waals surface area (Å²) in [5, 5.41) is 10.0. The van der Waals surface area contributed by atoms with Crippen LogP contribution in [0.2, 0.25) is 0 Å². The van der Waals surface area contributed by atoms with Gasteiger partial charge in [-0.1, -0.05) is 36.8 Å². The van der Waals surface area contributed by atoms with Crippen molar-refractivity contribution < 1.29 is 4.79 Å². The monoisotopic (exact) mass is 280 g/mol. The first-order valence-electron chi connectivity index (χ1n) is 7.07. The Hall–Kier alpha value is -2.42. The average molecular weight is 280 g/mol. The van der Waals surface area contributed by atoms with Crippen molar-refractivity contribution in [1.82, 2.24) is 0 Å². The third kappa shape index (κ3) is 4.02. The number of carbonyl (C=O) groups excluding carboxylic acids is 1. The lowest BCUT2D eigenvalue weighted by Crippen LogP contribution is -2.11. The van der Waals surface area contributed by atoms with Crippen molar-refractivity contribution in [2.45, 2.75) is 26.2 Å².